The third kappa shape index (κ3) is 3.68. The third-order valence-electron chi connectivity index (χ3n) is 3.36. The minimum absolute atomic E-state index is 0.283. The topological polar surface area (TPSA) is 33.3 Å². The van der Waals surface area contributed by atoms with Gasteiger partial charge in [-0.3, -0.25) is 0 Å². The van der Waals surface area contributed by atoms with Crippen LogP contribution in [0.3, 0.4) is 0 Å². The first-order valence-electron chi connectivity index (χ1n) is 6.56. The maximum Gasteiger partial charge on any atom is 0.165 e. The van der Waals surface area contributed by atoms with E-state index < -0.39 is 0 Å². The summed E-state index contributed by atoms with van der Waals surface area (Å²) in [6.45, 7) is 3.05. The predicted molar refractivity (Wildman–Crippen MR) is 70.6 cm³/mol. The van der Waals surface area contributed by atoms with Crippen molar-refractivity contribution in [3.05, 3.63) is 29.6 Å². The summed E-state index contributed by atoms with van der Waals surface area (Å²) in [6, 6.07) is 5.72. The van der Waals surface area contributed by atoms with Crippen molar-refractivity contribution in [2.75, 3.05) is 26.7 Å². The Morgan fingerprint density at radius 1 is 1.50 bits per heavy atom. The first kappa shape index (κ1) is 13.3. The number of ether oxygens (including phenoxy) is 1. The van der Waals surface area contributed by atoms with Crippen molar-refractivity contribution >= 4 is 0 Å². The van der Waals surface area contributed by atoms with Crippen molar-refractivity contribution in [3.63, 3.8) is 0 Å². The van der Waals surface area contributed by atoms with E-state index in [0.717, 1.165) is 31.6 Å². The molecule has 0 bridgehead atoms. The highest BCUT2D eigenvalue weighted by Gasteiger charge is 2.11. The van der Waals surface area contributed by atoms with Gasteiger partial charge in [0.15, 0.2) is 11.6 Å². The minimum Gasteiger partial charge on any atom is -0.494 e. The molecule has 1 atom stereocenters. The van der Waals surface area contributed by atoms with E-state index in [9.17, 15) is 4.39 Å². The smallest absolute Gasteiger partial charge is 0.165 e. The van der Waals surface area contributed by atoms with Crippen LogP contribution in [0.25, 0.3) is 0 Å². The van der Waals surface area contributed by atoms with Crippen LogP contribution in [0.5, 0.6) is 5.75 Å². The molecule has 1 heterocycles. The van der Waals surface area contributed by atoms with Crippen molar-refractivity contribution in [2.24, 2.45) is 0 Å². The van der Waals surface area contributed by atoms with Crippen LogP contribution in [0.4, 0.5) is 4.39 Å². The standard InChI is InChI=1S/C14H21FN2O/c1-18-14-5-4-11(9-13(14)15)6-8-17-12-3-2-7-16-10-12/h4-5,9,12,16-17H,2-3,6-8,10H2,1H3. The van der Waals surface area contributed by atoms with Gasteiger partial charge in [0, 0.05) is 12.6 Å². The fourth-order valence-electron chi connectivity index (χ4n) is 2.31. The zero-order valence-corrected chi connectivity index (χ0v) is 10.8. The lowest BCUT2D eigenvalue weighted by molar-refractivity contribution is 0.385. The fraction of sp³-hybridized carbons (Fsp3) is 0.571. The Kier molecular flexibility index (Phi) is 4.96. The number of hydrogen-bond donors (Lipinski definition) is 2. The maximum atomic E-state index is 13.5. The second-order valence-corrected chi connectivity index (χ2v) is 4.72. The Balaban J connectivity index is 1.77. The quantitative estimate of drug-likeness (QED) is 0.837. The van der Waals surface area contributed by atoms with Gasteiger partial charge < -0.3 is 15.4 Å². The van der Waals surface area contributed by atoms with Crippen LogP contribution in [0.15, 0.2) is 18.2 Å². The number of benzene rings is 1. The highest BCUT2D eigenvalue weighted by Crippen LogP contribution is 2.17. The summed E-state index contributed by atoms with van der Waals surface area (Å²) in [5, 5.41) is 6.87. The lowest BCUT2D eigenvalue weighted by Gasteiger charge is -2.23. The van der Waals surface area contributed by atoms with Crippen molar-refractivity contribution < 1.29 is 9.13 Å². The summed E-state index contributed by atoms with van der Waals surface area (Å²) in [7, 11) is 1.48. The average molecular weight is 252 g/mol. The molecule has 0 amide bonds. The lowest BCUT2D eigenvalue weighted by atomic mass is 10.1. The van der Waals surface area contributed by atoms with Crippen molar-refractivity contribution in [1.82, 2.24) is 10.6 Å². The first-order valence-corrected chi connectivity index (χ1v) is 6.56. The van der Waals surface area contributed by atoms with Crippen LogP contribution in [0.1, 0.15) is 18.4 Å². The highest BCUT2D eigenvalue weighted by molar-refractivity contribution is 5.29. The van der Waals surface area contributed by atoms with Crippen LogP contribution in [-0.2, 0) is 6.42 Å². The SMILES string of the molecule is COc1ccc(CCNC2CCCNC2)cc1F. The van der Waals surface area contributed by atoms with Gasteiger partial charge in [0.2, 0.25) is 0 Å². The van der Waals surface area contributed by atoms with Crippen molar-refractivity contribution in [3.8, 4) is 5.75 Å². The molecule has 0 spiro atoms. The van der Waals surface area contributed by atoms with Crippen LogP contribution in [-0.4, -0.2) is 32.8 Å². The van der Waals surface area contributed by atoms with E-state index in [1.807, 2.05) is 6.07 Å². The number of halogens is 1. The molecule has 1 saturated heterocycles. The fourth-order valence-corrected chi connectivity index (χ4v) is 2.31. The molecule has 2 N–H and O–H groups in total. The largest absolute Gasteiger partial charge is 0.494 e. The second kappa shape index (κ2) is 6.71. The molecule has 18 heavy (non-hydrogen) atoms. The molecule has 1 aliphatic heterocycles. The molecular weight excluding hydrogens is 231 g/mol. The van der Waals surface area contributed by atoms with Gasteiger partial charge in [-0.25, -0.2) is 4.39 Å². The highest BCUT2D eigenvalue weighted by atomic mass is 19.1. The van der Waals surface area contributed by atoms with Gasteiger partial charge in [0.25, 0.3) is 0 Å². The Labute approximate surface area is 108 Å². The van der Waals surface area contributed by atoms with E-state index >= 15 is 0 Å². The second-order valence-electron chi connectivity index (χ2n) is 4.72. The molecule has 3 nitrogen and oxygen atoms in total. The summed E-state index contributed by atoms with van der Waals surface area (Å²) >= 11 is 0. The molecule has 1 aliphatic rings. The van der Waals surface area contributed by atoms with Gasteiger partial charge >= 0.3 is 0 Å². The average Bonchev–Trinajstić information content (AvgIpc) is 2.40. The Morgan fingerprint density at radius 3 is 3.06 bits per heavy atom. The van der Waals surface area contributed by atoms with Gasteiger partial charge in [-0.1, -0.05) is 6.07 Å². The molecule has 4 heteroatoms. The maximum absolute atomic E-state index is 13.5. The van der Waals surface area contributed by atoms with E-state index in [0.29, 0.717) is 11.8 Å². The monoisotopic (exact) mass is 252 g/mol. The zero-order valence-electron chi connectivity index (χ0n) is 10.8. The van der Waals surface area contributed by atoms with Crippen LogP contribution in [0, 0.1) is 5.82 Å². The molecule has 1 aromatic carbocycles. The van der Waals surface area contributed by atoms with E-state index in [1.54, 1.807) is 12.1 Å². The molecule has 100 valence electrons. The predicted octanol–water partition coefficient (Wildman–Crippen LogP) is 1.72. The lowest BCUT2D eigenvalue weighted by Crippen LogP contribution is -2.43. The van der Waals surface area contributed by atoms with Gasteiger partial charge in [0.05, 0.1) is 7.11 Å². The summed E-state index contributed by atoms with van der Waals surface area (Å²) in [6.07, 6.45) is 3.30. The van der Waals surface area contributed by atoms with Gasteiger partial charge in [-0.05, 0) is 50.0 Å². The molecule has 1 fully saturated rings. The number of rotatable bonds is 5. The normalized spacial score (nSPS) is 19.8. The molecule has 0 radical (unpaired) electrons. The molecule has 1 unspecified atom stereocenters. The van der Waals surface area contributed by atoms with Gasteiger partial charge in [-0.15, -0.1) is 0 Å². The van der Waals surface area contributed by atoms with Crippen LogP contribution < -0.4 is 15.4 Å². The summed E-state index contributed by atoms with van der Waals surface area (Å²) in [5.41, 5.74) is 1.00. The van der Waals surface area contributed by atoms with Gasteiger partial charge in [0.1, 0.15) is 0 Å². The summed E-state index contributed by atoms with van der Waals surface area (Å²) in [4.78, 5) is 0. The van der Waals surface area contributed by atoms with E-state index in [4.69, 9.17) is 4.74 Å². The number of hydrogen-bond acceptors (Lipinski definition) is 3. The molecule has 0 saturated carbocycles. The Bertz CT molecular complexity index is 378. The Morgan fingerprint density at radius 2 is 2.39 bits per heavy atom. The molecule has 0 aliphatic carbocycles. The van der Waals surface area contributed by atoms with E-state index in [1.165, 1.54) is 20.0 Å². The zero-order chi connectivity index (χ0) is 12.8. The molecule has 1 aromatic rings. The third-order valence-corrected chi connectivity index (χ3v) is 3.36. The number of piperidine rings is 1. The van der Waals surface area contributed by atoms with Crippen LogP contribution >= 0.6 is 0 Å². The summed E-state index contributed by atoms with van der Waals surface area (Å²) in [5.74, 6) is 0.0255. The summed E-state index contributed by atoms with van der Waals surface area (Å²) < 4.78 is 18.4. The van der Waals surface area contributed by atoms with Gasteiger partial charge in [-0.2, -0.15) is 0 Å². The molecule has 2 rings (SSSR count). The minimum atomic E-state index is -0.283. The van der Waals surface area contributed by atoms with Crippen molar-refractivity contribution in [1.29, 1.82) is 0 Å². The number of methoxy groups -OCH3 is 1. The van der Waals surface area contributed by atoms with Crippen molar-refractivity contribution in [2.45, 2.75) is 25.3 Å². The number of nitrogens with one attached hydrogen (secondary N) is 2. The first-order chi connectivity index (χ1) is 8.79. The van der Waals surface area contributed by atoms with E-state index in [-0.39, 0.29) is 5.82 Å². The van der Waals surface area contributed by atoms with Crippen LogP contribution in [0.2, 0.25) is 0 Å². The molecular formula is C14H21FN2O. The molecule has 0 aromatic heterocycles. The van der Waals surface area contributed by atoms with E-state index in [2.05, 4.69) is 10.6 Å². The Hall–Kier alpha value is -1.13.